The molecule has 0 unspecified atom stereocenters. The molecular weight excluding hydrogens is 322 g/mol. The quantitative estimate of drug-likeness (QED) is 0.488. The highest BCUT2D eigenvalue weighted by Gasteiger charge is 2.16. The first-order valence-electron chi connectivity index (χ1n) is 7.17. The Bertz CT molecular complexity index is 785. The second-order valence-corrected chi connectivity index (χ2v) is 6.64. The zero-order valence-electron chi connectivity index (χ0n) is 13.2. The number of hydrogen-bond acceptors (Lipinski definition) is 0. The molecule has 0 saturated heterocycles. The topological polar surface area (TPSA) is 0 Å². The Morgan fingerprint density at radius 2 is 1.14 bits per heavy atom. The van der Waals surface area contributed by atoms with Crippen LogP contribution in [0, 0.1) is 6.92 Å². The molecule has 0 aliphatic rings. The van der Waals surface area contributed by atoms with E-state index >= 15 is 0 Å². The van der Waals surface area contributed by atoms with E-state index in [9.17, 15) is 0 Å². The second kappa shape index (κ2) is 5.78. The summed E-state index contributed by atoms with van der Waals surface area (Å²) in [4.78, 5) is 0. The molecule has 0 spiro atoms. The van der Waals surface area contributed by atoms with Gasteiger partial charge in [-0.25, -0.2) is 0 Å². The molecular formula is C19H22BrN. The van der Waals surface area contributed by atoms with E-state index in [1.807, 2.05) is 0 Å². The Kier molecular flexibility index (Phi) is 4.40. The zero-order chi connectivity index (χ0) is 14.3. The summed E-state index contributed by atoms with van der Waals surface area (Å²) >= 11 is 0. The average molecular weight is 344 g/mol. The van der Waals surface area contributed by atoms with Crippen LogP contribution in [0.2, 0.25) is 0 Å². The van der Waals surface area contributed by atoms with Gasteiger partial charge in [-0.3, -0.25) is 0 Å². The van der Waals surface area contributed by atoms with Crippen LogP contribution in [0.3, 0.4) is 0 Å². The minimum atomic E-state index is 0. The molecule has 0 radical (unpaired) electrons. The van der Waals surface area contributed by atoms with Gasteiger partial charge in [0.1, 0.15) is 6.54 Å². The summed E-state index contributed by atoms with van der Waals surface area (Å²) in [5.41, 5.74) is 2.90. The summed E-state index contributed by atoms with van der Waals surface area (Å²) < 4.78 is 0.948. The lowest BCUT2D eigenvalue weighted by molar-refractivity contribution is -0.883. The predicted octanol–water partition coefficient (Wildman–Crippen LogP) is 1.51. The molecule has 0 saturated carbocycles. The monoisotopic (exact) mass is 343 g/mol. The van der Waals surface area contributed by atoms with E-state index in [2.05, 4.69) is 76.6 Å². The van der Waals surface area contributed by atoms with Gasteiger partial charge < -0.3 is 21.5 Å². The van der Waals surface area contributed by atoms with Gasteiger partial charge in [-0.05, 0) is 34.0 Å². The molecule has 0 atom stereocenters. The van der Waals surface area contributed by atoms with Crippen molar-refractivity contribution in [1.82, 2.24) is 0 Å². The first-order valence-corrected chi connectivity index (χ1v) is 7.17. The Morgan fingerprint density at radius 1 is 0.714 bits per heavy atom. The Balaban J connectivity index is 0.00000161. The second-order valence-electron chi connectivity index (χ2n) is 6.64. The lowest BCUT2D eigenvalue weighted by Gasteiger charge is -2.26. The molecule has 0 aliphatic heterocycles. The Morgan fingerprint density at radius 3 is 1.67 bits per heavy atom. The van der Waals surface area contributed by atoms with Crippen molar-refractivity contribution in [2.24, 2.45) is 0 Å². The van der Waals surface area contributed by atoms with E-state index in [1.54, 1.807) is 0 Å². The van der Waals surface area contributed by atoms with Crippen molar-refractivity contribution in [3.63, 3.8) is 0 Å². The summed E-state index contributed by atoms with van der Waals surface area (Å²) in [7, 11) is 6.76. The SMILES string of the molecule is Cc1c(C[N+](C)(C)C)c2ccccc2c2ccccc12.[Br-]. The third kappa shape index (κ3) is 2.97. The highest BCUT2D eigenvalue weighted by molar-refractivity contribution is 6.10. The van der Waals surface area contributed by atoms with E-state index in [4.69, 9.17) is 0 Å². The lowest BCUT2D eigenvalue weighted by Crippen LogP contribution is -3.00. The fraction of sp³-hybridized carbons (Fsp3) is 0.263. The molecule has 0 heterocycles. The van der Waals surface area contributed by atoms with Crippen LogP contribution in [0.5, 0.6) is 0 Å². The van der Waals surface area contributed by atoms with Crippen LogP contribution in [0.15, 0.2) is 48.5 Å². The van der Waals surface area contributed by atoms with Gasteiger partial charge in [-0.2, -0.15) is 0 Å². The summed E-state index contributed by atoms with van der Waals surface area (Å²) in [5.74, 6) is 0. The molecule has 110 valence electrons. The van der Waals surface area contributed by atoms with Crippen molar-refractivity contribution in [3.8, 4) is 0 Å². The van der Waals surface area contributed by atoms with Crippen molar-refractivity contribution in [2.45, 2.75) is 13.5 Å². The fourth-order valence-electron chi connectivity index (χ4n) is 3.07. The third-order valence-electron chi connectivity index (χ3n) is 3.96. The van der Waals surface area contributed by atoms with E-state index in [0.717, 1.165) is 11.0 Å². The first-order chi connectivity index (χ1) is 9.47. The maximum absolute atomic E-state index is 2.26. The molecule has 0 aliphatic carbocycles. The number of quaternary nitrogens is 1. The normalized spacial score (nSPS) is 11.6. The molecule has 2 heteroatoms. The molecule has 0 amide bonds. The number of hydrogen-bond donors (Lipinski definition) is 0. The van der Waals surface area contributed by atoms with Crippen molar-refractivity contribution in [1.29, 1.82) is 0 Å². The van der Waals surface area contributed by atoms with Crippen LogP contribution in [0.25, 0.3) is 21.5 Å². The number of halogens is 1. The van der Waals surface area contributed by atoms with Crippen LogP contribution in [0.4, 0.5) is 0 Å². The van der Waals surface area contributed by atoms with Gasteiger partial charge in [-0.15, -0.1) is 0 Å². The number of benzene rings is 3. The average Bonchev–Trinajstić information content (AvgIpc) is 2.42. The summed E-state index contributed by atoms with van der Waals surface area (Å²) in [6.45, 7) is 3.32. The maximum Gasteiger partial charge on any atom is 0.105 e. The van der Waals surface area contributed by atoms with E-state index < -0.39 is 0 Å². The summed E-state index contributed by atoms with van der Waals surface area (Å²) in [6, 6.07) is 17.6. The Hall–Kier alpha value is -1.38. The van der Waals surface area contributed by atoms with Gasteiger partial charge in [0.2, 0.25) is 0 Å². The molecule has 0 bridgehead atoms. The summed E-state index contributed by atoms with van der Waals surface area (Å²) in [5, 5.41) is 5.52. The Labute approximate surface area is 137 Å². The van der Waals surface area contributed by atoms with E-state index in [-0.39, 0.29) is 17.0 Å². The largest absolute Gasteiger partial charge is 1.00 e. The van der Waals surface area contributed by atoms with Gasteiger partial charge in [0.05, 0.1) is 21.1 Å². The van der Waals surface area contributed by atoms with Gasteiger partial charge in [0, 0.05) is 5.56 Å². The lowest BCUT2D eigenvalue weighted by atomic mass is 9.92. The zero-order valence-corrected chi connectivity index (χ0v) is 14.7. The molecule has 21 heavy (non-hydrogen) atoms. The van der Waals surface area contributed by atoms with Crippen LogP contribution < -0.4 is 17.0 Å². The highest BCUT2D eigenvalue weighted by Crippen LogP contribution is 2.33. The van der Waals surface area contributed by atoms with Crippen LogP contribution in [-0.4, -0.2) is 25.6 Å². The number of rotatable bonds is 2. The molecule has 3 aromatic rings. The summed E-state index contributed by atoms with van der Waals surface area (Å²) in [6.07, 6.45) is 0. The molecule has 1 nitrogen and oxygen atoms in total. The van der Waals surface area contributed by atoms with E-state index in [0.29, 0.717) is 0 Å². The van der Waals surface area contributed by atoms with Gasteiger partial charge in [0.25, 0.3) is 0 Å². The smallest absolute Gasteiger partial charge is 0.105 e. The molecule has 3 rings (SSSR count). The van der Waals surface area contributed by atoms with Crippen molar-refractivity contribution in [3.05, 3.63) is 59.7 Å². The van der Waals surface area contributed by atoms with Crippen molar-refractivity contribution >= 4 is 21.5 Å². The first kappa shape index (κ1) is 16.0. The fourth-order valence-corrected chi connectivity index (χ4v) is 3.07. The van der Waals surface area contributed by atoms with Crippen molar-refractivity contribution in [2.75, 3.05) is 21.1 Å². The van der Waals surface area contributed by atoms with Crippen molar-refractivity contribution < 1.29 is 21.5 Å². The van der Waals surface area contributed by atoms with Gasteiger partial charge in [0.15, 0.2) is 0 Å². The minimum absolute atomic E-state index is 0. The van der Waals surface area contributed by atoms with Gasteiger partial charge >= 0.3 is 0 Å². The molecule has 0 aromatic heterocycles. The highest BCUT2D eigenvalue weighted by atomic mass is 79.9. The maximum atomic E-state index is 2.26. The minimum Gasteiger partial charge on any atom is -1.00 e. The van der Waals surface area contributed by atoms with E-state index in [1.165, 1.54) is 32.7 Å². The standard InChI is InChI=1S/C19H22N.BrH/c1-14-15-9-5-6-10-16(15)17-11-7-8-12-18(17)19(14)13-20(2,3)4;/h5-12H,13H2,1-4H3;1H/q+1;/p-1. The van der Waals surface area contributed by atoms with Crippen LogP contribution in [-0.2, 0) is 6.54 Å². The molecule has 0 N–H and O–H groups in total. The molecule has 0 fully saturated rings. The number of aryl methyl sites for hydroxylation is 1. The predicted molar refractivity (Wildman–Crippen MR) is 87.9 cm³/mol. The third-order valence-corrected chi connectivity index (χ3v) is 3.96. The van der Waals surface area contributed by atoms with Crippen LogP contribution >= 0.6 is 0 Å². The van der Waals surface area contributed by atoms with Gasteiger partial charge in [-0.1, -0.05) is 48.5 Å². The molecule has 3 aromatic carbocycles. The van der Waals surface area contributed by atoms with Crippen LogP contribution in [0.1, 0.15) is 11.1 Å². The number of nitrogens with zero attached hydrogens (tertiary/aromatic N) is 1. The number of fused-ring (bicyclic) bond motifs is 3.